The minimum atomic E-state index is -0.208. The molecule has 1 aromatic heterocycles. The van der Waals surface area contributed by atoms with E-state index in [1.807, 2.05) is 13.0 Å². The van der Waals surface area contributed by atoms with Gasteiger partial charge in [-0.25, -0.2) is 14.4 Å². The van der Waals surface area contributed by atoms with Crippen molar-refractivity contribution in [1.82, 2.24) is 9.97 Å². The zero-order valence-electron chi connectivity index (χ0n) is 11.7. The lowest BCUT2D eigenvalue weighted by Crippen LogP contribution is -2.19. The monoisotopic (exact) mass is 274 g/mol. The van der Waals surface area contributed by atoms with E-state index in [2.05, 4.69) is 27.5 Å². The molecule has 5 heteroatoms. The minimum Gasteiger partial charge on any atom is -0.370 e. The molecule has 106 valence electrons. The molecule has 2 N–H and O–H groups in total. The van der Waals surface area contributed by atoms with Crippen LogP contribution in [0, 0.1) is 5.82 Å². The highest BCUT2D eigenvalue weighted by atomic mass is 19.1. The number of nitrogens with zero attached hydrogens (tertiary/aromatic N) is 2. The average molecular weight is 274 g/mol. The fraction of sp³-hybridized carbons (Fsp3) is 0.333. The molecule has 0 bridgehead atoms. The summed E-state index contributed by atoms with van der Waals surface area (Å²) in [6.45, 7) is 4.91. The minimum absolute atomic E-state index is 0.199. The van der Waals surface area contributed by atoms with Crippen molar-refractivity contribution in [2.45, 2.75) is 26.3 Å². The average Bonchev–Trinajstić information content (AvgIpc) is 2.42. The molecular weight excluding hydrogens is 255 g/mol. The van der Waals surface area contributed by atoms with Crippen molar-refractivity contribution in [2.24, 2.45) is 0 Å². The summed E-state index contributed by atoms with van der Waals surface area (Å²) in [6, 6.07) is 8.65. The summed E-state index contributed by atoms with van der Waals surface area (Å²) in [5.41, 5.74) is 1.09. The Morgan fingerprint density at radius 1 is 1.15 bits per heavy atom. The van der Waals surface area contributed by atoms with Crippen LogP contribution in [0.2, 0.25) is 0 Å². The van der Waals surface area contributed by atoms with Crippen LogP contribution in [-0.2, 0) is 6.42 Å². The van der Waals surface area contributed by atoms with Gasteiger partial charge in [-0.3, -0.25) is 0 Å². The largest absolute Gasteiger partial charge is 0.370 e. The molecule has 0 amide bonds. The number of aromatic nitrogens is 2. The van der Waals surface area contributed by atoms with Crippen molar-refractivity contribution < 1.29 is 4.39 Å². The van der Waals surface area contributed by atoms with E-state index < -0.39 is 0 Å². The number of halogens is 1. The lowest BCUT2D eigenvalue weighted by Gasteiger charge is -2.15. The lowest BCUT2D eigenvalue weighted by atomic mass is 10.1. The lowest BCUT2D eigenvalue weighted by molar-refractivity contribution is 0.626. The van der Waals surface area contributed by atoms with Crippen molar-refractivity contribution >= 4 is 11.6 Å². The summed E-state index contributed by atoms with van der Waals surface area (Å²) in [7, 11) is 0. The first-order valence-electron chi connectivity index (χ1n) is 6.74. The normalized spacial score (nSPS) is 11.9. The highest BCUT2D eigenvalue weighted by Crippen LogP contribution is 2.12. The molecule has 1 aromatic carbocycles. The predicted octanol–water partition coefficient (Wildman–Crippen LogP) is 3.09. The Bertz CT molecular complexity index is 542. The van der Waals surface area contributed by atoms with Crippen LogP contribution in [0.5, 0.6) is 0 Å². The van der Waals surface area contributed by atoms with E-state index in [0.717, 1.165) is 30.2 Å². The van der Waals surface area contributed by atoms with Crippen molar-refractivity contribution in [3.8, 4) is 0 Å². The van der Waals surface area contributed by atoms with E-state index in [1.165, 1.54) is 18.5 Å². The first kappa shape index (κ1) is 14.2. The second kappa shape index (κ2) is 6.84. The zero-order chi connectivity index (χ0) is 14.4. The Hall–Kier alpha value is -2.17. The molecule has 2 aromatic rings. The van der Waals surface area contributed by atoms with Crippen LogP contribution >= 0.6 is 0 Å². The van der Waals surface area contributed by atoms with Gasteiger partial charge < -0.3 is 10.6 Å². The van der Waals surface area contributed by atoms with Crippen LogP contribution in [0.15, 0.2) is 36.7 Å². The second-order valence-electron chi connectivity index (χ2n) is 4.69. The van der Waals surface area contributed by atoms with Crippen molar-refractivity contribution in [2.75, 3.05) is 17.2 Å². The van der Waals surface area contributed by atoms with Gasteiger partial charge in [0.25, 0.3) is 0 Å². The van der Waals surface area contributed by atoms with Gasteiger partial charge in [0.1, 0.15) is 23.8 Å². The van der Waals surface area contributed by atoms with Crippen LogP contribution in [0.4, 0.5) is 16.0 Å². The van der Waals surface area contributed by atoms with Gasteiger partial charge >= 0.3 is 0 Å². The van der Waals surface area contributed by atoms with Crippen molar-refractivity contribution in [3.63, 3.8) is 0 Å². The Kier molecular flexibility index (Phi) is 4.87. The molecule has 0 aliphatic heterocycles. The molecule has 1 atom stereocenters. The van der Waals surface area contributed by atoms with Gasteiger partial charge in [-0.05, 0) is 38.0 Å². The molecule has 1 unspecified atom stereocenters. The maximum Gasteiger partial charge on any atom is 0.131 e. The molecule has 2 rings (SSSR count). The van der Waals surface area contributed by atoms with E-state index in [1.54, 1.807) is 12.1 Å². The van der Waals surface area contributed by atoms with Crippen LogP contribution in [-0.4, -0.2) is 22.6 Å². The topological polar surface area (TPSA) is 49.8 Å². The summed E-state index contributed by atoms with van der Waals surface area (Å²) in [5.74, 6) is 1.38. The third-order valence-corrected chi connectivity index (χ3v) is 2.87. The van der Waals surface area contributed by atoms with Crippen molar-refractivity contribution in [3.05, 3.63) is 48.0 Å². The molecule has 4 nitrogen and oxygen atoms in total. The van der Waals surface area contributed by atoms with Gasteiger partial charge in [-0.15, -0.1) is 0 Å². The van der Waals surface area contributed by atoms with Gasteiger partial charge in [0, 0.05) is 18.7 Å². The number of rotatable bonds is 6. The summed E-state index contributed by atoms with van der Waals surface area (Å²) in [5, 5.41) is 6.46. The predicted molar refractivity (Wildman–Crippen MR) is 79.4 cm³/mol. The SMILES string of the molecule is CCNc1cc(NC(C)Cc2ccc(F)cc2)ncn1. The number of hydrogen-bond acceptors (Lipinski definition) is 4. The van der Waals surface area contributed by atoms with Crippen LogP contribution in [0.25, 0.3) is 0 Å². The molecule has 0 saturated carbocycles. The quantitative estimate of drug-likeness (QED) is 0.850. The highest BCUT2D eigenvalue weighted by molar-refractivity contribution is 5.46. The van der Waals surface area contributed by atoms with Crippen LogP contribution in [0.1, 0.15) is 19.4 Å². The molecule has 0 aliphatic carbocycles. The zero-order valence-corrected chi connectivity index (χ0v) is 11.7. The number of hydrogen-bond donors (Lipinski definition) is 2. The third-order valence-electron chi connectivity index (χ3n) is 2.87. The van der Waals surface area contributed by atoms with Crippen LogP contribution in [0.3, 0.4) is 0 Å². The Morgan fingerprint density at radius 3 is 2.55 bits per heavy atom. The first-order chi connectivity index (χ1) is 9.67. The van der Waals surface area contributed by atoms with Gasteiger partial charge in [0.2, 0.25) is 0 Å². The van der Waals surface area contributed by atoms with Gasteiger partial charge in [0.05, 0.1) is 0 Å². The standard InChI is InChI=1S/C15H19FN4/c1-3-17-14-9-15(19-10-18-14)20-11(2)8-12-4-6-13(16)7-5-12/h4-7,9-11H,3,8H2,1-2H3,(H2,17,18,19,20). The number of benzene rings is 1. The molecular formula is C15H19FN4. The van der Waals surface area contributed by atoms with Gasteiger partial charge in [0.15, 0.2) is 0 Å². The number of nitrogens with one attached hydrogen (secondary N) is 2. The molecule has 0 radical (unpaired) electrons. The van der Waals surface area contributed by atoms with Gasteiger partial charge in [-0.2, -0.15) is 0 Å². The number of anilines is 2. The Labute approximate surface area is 118 Å². The first-order valence-corrected chi connectivity index (χ1v) is 6.74. The summed E-state index contributed by atoms with van der Waals surface area (Å²) >= 11 is 0. The van der Waals surface area contributed by atoms with E-state index in [-0.39, 0.29) is 11.9 Å². The fourth-order valence-electron chi connectivity index (χ4n) is 1.99. The fourth-order valence-corrected chi connectivity index (χ4v) is 1.99. The van der Waals surface area contributed by atoms with Gasteiger partial charge in [-0.1, -0.05) is 12.1 Å². The van der Waals surface area contributed by atoms with E-state index in [9.17, 15) is 4.39 Å². The molecule has 0 spiro atoms. The Balaban J connectivity index is 1.95. The Morgan fingerprint density at radius 2 is 1.85 bits per heavy atom. The molecule has 0 aliphatic rings. The van der Waals surface area contributed by atoms with E-state index in [4.69, 9.17) is 0 Å². The van der Waals surface area contributed by atoms with Crippen LogP contribution < -0.4 is 10.6 Å². The smallest absolute Gasteiger partial charge is 0.131 e. The van der Waals surface area contributed by atoms with E-state index >= 15 is 0 Å². The van der Waals surface area contributed by atoms with Crippen molar-refractivity contribution in [1.29, 1.82) is 0 Å². The maximum atomic E-state index is 12.8. The molecule has 0 saturated heterocycles. The molecule has 20 heavy (non-hydrogen) atoms. The third kappa shape index (κ3) is 4.19. The summed E-state index contributed by atoms with van der Waals surface area (Å²) in [6.07, 6.45) is 2.34. The molecule has 0 fully saturated rings. The maximum absolute atomic E-state index is 12.8. The molecule has 1 heterocycles. The van der Waals surface area contributed by atoms with E-state index in [0.29, 0.717) is 0 Å². The summed E-state index contributed by atoms with van der Waals surface area (Å²) < 4.78 is 12.8. The second-order valence-corrected chi connectivity index (χ2v) is 4.69. The highest BCUT2D eigenvalue weighted by Gasteiger charge is 2.05. The summed E-state index contributed by atoms with van der Waals surface area (Å²) in [4.78, 5) is 8.32.